The highest BCUT2D eigenvalue weighted by Crippen LogP contribution is 2.38. The third-order valence-corrected chi connectivity index (χ3v) is 3.86. The third kappa shape index (κ3) is 3.39. The molecular formula is C16H18F2N4O. The first-order valence-corrected chi connectivity index (χ1v) is 7.50. The maximum absolute atomic E-state index is 14.3. The molecular weight excluding hydrogens is 302 g/mol. The smallest absolute Gasteiger partial charge is 0.184 e. The van der Waals surface area contributed by atoms with Gasteiger partial charge in [-0.1, -0.05) is 0 Å². The number of aromatic amines is 1. The monoisotopic (exact) mass is 320 g/mol. The molecule has 0 spiro atoms. The van der Waals surface area contributed by atoms with Gasteiger partial charge in [0.2, 0.25) is 0 Å². The van der Waals surface area contributed by atoms with E-state index in [9.17, 15) is 8.78 Å². The van der Waals surface area contributed by atoms with E-state index in [1.165, 1.54) is 6.07 Å². The molecule has 0 aliphatic heterocycles. The molecule has 1 aliphatic carbocycles. The maximum atomic E-state index is 14.3. The fourth-order valence-corrected chi connectivity index (χ4v) is 2.26. The molecule has 0 saturated heterocycles. The Morgan fingerprint density at radius 3 is 2.91 bits per heavy atom. The maximum Gasteiger partial charge on any atom is 0.184 e. The Balaban J connectivity index is 1.77. The Bertz CT molecular complexity index is 725. The van der Waals surface area contributed by atoms with Crippen molar-refractivity contribution in [2.24, 2.45) is 5.73 Å². The molecule has 23 heavy (non-hydrogen) atoms. The summed E-state index contributed by atoms with van der Waals surface area (Å²) in [5.41, 5.74) is 6.02. The van der Waals surface area contributed by atoms with E-state index >= 15 is 0 Å². The van der Waals surface area contributed by atoms with Crippen molar-refractivity contribution in [1.29, 1.82) is 0 Å². The van der Waals surface area contributed by atoms with Crippen LogP contribution < -0.4 is 10.5 Å². The molecule has 3 N–H and O–H groups in total. The highest BCUT2D eigenvalue weighted by Gasteiger charge is 2.27. The number of benzene rings is 1. The summed E-state index contributed by atoms with van der Waals surface area (Å²) in [5, 5.41) is 6.91. The molecule has 1 saturated carbocycles. The van der Waals surface area contributed by atoms with Crippen LogP contribution in [0.5, 0.6) is 5.75 Å². The molecule has 5 nitrogen and oxygen atoms in total. The largest absolute Gasteiger partial charge is 0.486 e. The zero-order valence-corrected chi connectivity index (χ0v) is 12.7. The number of nitrogens with two attached hydrogens (primary N) is 1. The summed E-state index contributed by atoms with van der Waals surface area (Å²) in [6.45, 7) is 1.70. The van der Waals surface area contributed by atoms with Gasteiger partial charge in [0.1, 0.15) is 23.5 Å². The predicted octanol–water partition coefficient (Wildman–Crippen LogP) is 3.07. The van der Waals surface area contributed by atoms with Crippen LogP contribution in [0, 0.1) is 5.82 Å². The number of hydrogen-bond acceptors (Lipinski definition) is 4. The van der Waals surface area contributed by atoms with E-state index in [0.717, 1.165) is 18.7 Å². The molecule has 0 bridgehead atoms. The van der Waals surface area contributed by atoms with Gasteiger partial charge in [-0.05, 0) is 31.9 Å². The average molecular weight is 320 g/mol. The number of halogens is 2. The van der Waals surface area contributed by atoms with Gasteiger partial charge in [-0.2, -0.15) is 5.10 Å². The van der Waals surface area contributed by atoms with E-state index in [-0.39, 0.29) is 6.54 Å². The second kappa shape index (κ2) is 6.45. The van der Waals surface area contributed by atoms with Crippen LogP contribution in [0.15, 0.2) is 30.1 Å². The van der Waals surface area contributed by atoms with Gasteiger partial charge in [-0.3, -0.25) is 5.10 Å². The lowest BCUT2D eigenvalue weighted by molar-refractivity contribution is 0.252. The summed E-state index contributed by atoms with van der Waals surface area (Å²) in [6.07, 6.45) is 2.03. The summed E-state index contributed by atoms with van der Waals surface area (Å²) >= 11 is 0. The average Bonchev–Trinajstić information content (AvgIpc) is 3.27. The highest BCUT2D eigenvalue weighted by atomic mass is 19.1. The second-order valence-electron chi connectivity index (χ2n) is 5.61. The minimum atomic E-state index is -0.569. The summed E-state index contributed by atoms with van der Waals surface area (Å²) < 4.78 is 32.4. The number of H-pyrrole nitrogens is 1. The van der Waals surface area contributed by atoms with Gasteiger partial charge in [0.25, 0.3) is 0 Å². The van der Waals surface area contributed by atoms with E-state index in [1.807, 2.05) is 0 Å². The first-order valence-electron chi connectivity index (χ1n) is 7.50. The molecule has 1 heterocycles. The fraction of sp³-hybridized carbons (Fsp3) is 0.375. The Hall–Kier alpha value is -2.28. The van der Waals surface area contributed by atoms with Crippen LogP contribution in [0.4, 0.5) is 8.78 Å². The topological polar surface area (TPSA) is 76.8 Å². The SMILES string of the molecule is CC(Oc1ccc(-c2n[nH]c(C3CC3)n2)c(F)c1)/C(=C/F)CN. The summed E-state index contributed by atoms with van der Waals surface area (Å²) in [5.74, 6) is 1.35. The standard InChI is InChI=1S/C16H18F2N4O/c1-9(11(7-17)8-19)23-12-4-5-13(14(18)6-12)16-20-15(21-22-16)10-2-3-10/h4-7,9-10H,2-3,8,19H2,1H3,(H,20,21,22)/b11-7+. The van der Waals surface area contributed by atoms with Gasteiger partial charge in [0, 0.05) is 24.1 Å². The number of aromatic nitrogens is 3. The van der Waals surface area contributed by atoms with Crippen molar-refractivity contribution in [3.8, 4) is 17.1 Å². The molecule has 1 aliphatic rings. The van der Waals surface area contributed by atoms with Gasteiger partial charge in [0.15, 0.2) is 5.82 Å². The zero-order chi connectivity index (χ0) is 16.4. The molecule has 0 amide bonds. The van der Waals surface area contributed by atoms with E-state index in [0.29, 0.717) is 35.0 Å². The molecule has 1 fully saturated rings. The van der Waals surface area contributed by atoms with Crippen molar-refractivity contribution in [3.05, 3.63) is 41.7 Å². The number of hydrogen-bond donors (Lipinski definition) is 2. The van der Waals surface area contributed by atoms with Crippen molar-refractivity contribution in [2.45, 2.75) is 31.8 Å². The molecule has 0 radical (unpaired) electrons. The third-order valence-electron chi connectivity index (χ3n) is 3.86. The minimum absolute atomic E-state index is 0.0410. The molecule has 3 rings (SSSR count). The lowest BCUT2D eigenvalue weighted by Crippen LogP contribution is -2.20. The van der Waals surface area contributed by atoms with Crippen LogP contribution in [0.1, 0.15) is 31.5 Å². The van der Waals surface area contributed by atoms with Crippen molar-refractivity contribution in [3.63, 3.8) is 0 Å². The minimum Gasteiger partial charge on any atom is -0.486 e. The van der Waals surface area contributed by atoms with Crippen LogP contribution in [-0.2, 0) is 0 Å². The predicted molar refractivity (Wildman–Crippen MR) is 82.1 cm³/mol. The molecule has 1 aromatic heterocycles. The second-order valence-corrected chi connectivity index (χ2v) is 5.61. The number of ether oxygens (including phenoxy) is 1. The van der Waals surface area contributed by atoms with Gasteiger partial charge in [-0.15, -0.1) is 0 Å². The molecule has 2 aromatic rings. The van der Waals surface area contributed by atoms with E-state index in [4.69, 9.17) is 10.5 Å². The zero-order valence-electron chi connectivity index (χ0n) is 12.7. The van der Waals surface area contributed by atoms with Crippen LogP contribution in [-0.4, -0.2) is 27.8 Å². The van der Waals surface area contributed by atoms with Gasteiger partial charge in [-0.25, -0.2) is 13.8 Å². The van der Waals surface area contributed by atoms with Crippen LogP contribution in [0.2, 0.25) is 0 Å². The van der Waals surface area contributed by atoms with E-state index in [1.54, 1.807) is 19.1 Å². The van der Waals surface area contributed by atoms with E-state index < -0.39 is 11.9 Å². The normalized spacial score (nSPS) is 16.4. The Morgan fingerprint density at radius 1 is 1.52 bits per heavy atom. The number of nitrogens with zero attached hydrogens (tertiary/aromatic N) is 2. The van der Waals surface area contributed by atoms with Crippen LogP contribution in [0.25, 0.3) is 11.4 Å². The number of rotatable bonds is 6. The van der Waals surface area contributed by atoms with Crippen molar-refractivity contribution in [1.82, 2.24) is 15.2 Å². The van der Waals surface area contributed by atoms with E-state index in [2.05, 4.69) is 15.2 Å². The van der Waals surface area contributed by atoms with Gasteiger partial charge >= 0.3 is 0 Å². The number of nitrogens with one attached hydrogen (secondary N) is 1. The highest BCUT2D eigenvalue weighted by molar-refractivity contribution is 5.57. The first kappa shape index (κ1) is 15.6. The first-order chi connectivity index (χ1) is 11.1. The molecule has 1 aromatic carbocycles. The van der Waals surface area contributed by atoms with Crippen molar-refractivity contribution in [2.75, 3.05) is 6.54 Å². The Morgan fingerprint density at radius 2 is 2.30 bits per heavy atom. The molecule has 7 heteroatoms. The van der Waals surface area contributed by atoms with Gasteiger partial charge in [0.05, 0.1) is 11.9 Å². The molecule has 1 unspecified atom stereocenters. The van der Waals surface area contributed by atoms with Crippen molar-refractivity contribution >= 4 is 0 Å². The fourth-order valence-electron chi connectivity index (χ4n) is 2.26. The van der Waals surface area contributed by atoms with Crippen LogP contribution >= 0.6 is 0 Å². The quantitative estimate of drug-likeness (QED) is 0.857. The lowest BCUT2D eigenvalue weighted by Gasteiger charge is -2.16. The van der Waals surface area contributed by atoms with Crippen molar-refractivity contribution < 1.29 is 13.5 Å². The Kier molecular flexibility index (Phi) is 4.38. The summed E-state index contributed by atoms with van der Waals surface area (Å²) in [6, 6.07) is 4.40. The Labute approximate surface area is 132 Å². The molecule has 1 atom stereocenters. The summed E-state index contributed by atoms with van der Waals surface area (Å²) in [4.78, 5) is 4.33. The van der Waals surface area contributed by atoms with Gasteiger partial charge < -0.3 is 10.5 Å². The van der Waals surface area contributed by atoms with Crippen LogP contribution in [0.3, 0.4) is 0 Å². The molecule has 122 valence electrons. The lowest BCUT2D eigenvalue weighted by atomic mass is 10.1. The summed E-state index contributed by atoms with van der Waals surface area (Å²) in [7, 11) is 0.